The standard InChI is InChI=1S/C19H18Cl2N2O5/c20-13-5-8-16(15(21)10-13)28-9-1-2-17(24)23-14-6-3-12(4-7-14)19(27)22-11-18(25)26/h3-8,10H,1-2,9,11H2,(H,22,27)(H,23,24)(H,25,26). The zero-order valence-electron chi connectivity index (χ0n) is 14.7. The van der Waals surface area contributed by atoms with Crippen molar-refractivity contribution >= 4 is 46.7 Å². The van der Waals surface area contributed by atoms with Gasteiger partial charge in [-0.1, -0.05) is 23.2 Å². The number of hydrogen-bond acceptors (Lipinski definition) is 4. The van der Waals surface area contributed by atoms with E-state index in [1.54, 1.807) is 30.3 Å². The Bertz CT molecular complexity index is 856. The first-order valence-electron chi connectivity index (χ1n) is 8.33. The predicted octanol–water partition coefficient (Wildman–Crippen LogP) is 3.61. The molecule has 0 aliphatic carbocycles. The van der Waals surface area contributed by atoms with Crippen molar-refractivity contribution in [2.45, 2.75) is 12.8 Å². The number of nitrogens with one attached hydrogen (secondary N) is 2. The SMILES string of the molecule is O=C(O)CNC(=O)c1ccc(NC(=O)CCCOc2ccc(Cl)cc2Cl)cc1. The van der Waals surface area contributed by atoms with E-state index in [0.29, 0.717) is 40.1 Å². The van der Waals surface area contributed by atoms with Gasteiger partial charge >= 0.3 is 5.97 Å². The van der Waals surface area contributed by atoms with Gasteiger partial charge in [-0.2, -0.15) is 0 Å². The van der Waals surface area contributed by atoms with Gasteiger partial charge in [-0.25, -0.2) is 0 Å². The van der Waals surface area contributed by atoms with Gasteiger partial charge in [0.05, 0.1) is 11.6 Å². The smallest absolute Gasteiger partial charge is 0.322 e. The predicted molar refractivity (Wildman–Crippen MR) is 106 cm³/mol. The first kappa shape index (κ1) is 21.5. The van der Waals surface area contributed by atoms with Gasteiger partial charge in [0.1, 0.15) is 12.3 Å². The summed E-state index contributed by atoms with van der Waals surface area (Å²) in [6, 6.07) is 11.0. The van der Waals surface area contributed by atoms with Crippen LogP contribution in [0.2, 0.25) is 10.0 Å². The van der Waals surface area contributed by atoms with Crippen LogP contribution in [0.15, 0.2) is 42.5 Å². The molecule has 2 aromatic carbocycles. The Kier molecular flexibility index (Phi) is 8.10. The number of amides is 2. The van der Waals surface area contributed by atoms with E-state index in [2.05, 4.69) is 10.6 Å². The van der Waals surface area contributed by atoms with E-state index >= 15 is 0 Å². The molecule has 0 spiro atoms. The van der Waals surface area contributed by atoms with Crippen molar-refractivity contribution in [1.29, 1.82) is 0 Å². The molecule has 0 aliphatic heterocycles. The Morgan fingerprint density at radius 2 is 1.75 bits per heavy atom. The Morgan fingerprint density at radius 3 is 2.39 bits per heavy atom. The summed E-state index contributed by atoms with van der Waals surface area (Å²) in [4.78, 5) is 34.1. The highest BCUT2D eigenvalue weighted by molar-refractivity contribution is 6.35. The zero-order chi connectivity index (χ0) is 20.5. The second-order valence-corrected chi connectivity index (χ2v) is 6.57. The number of aliphatic carboxylic acids is 1. The molecule has 0 heterocycles. The Morgan fingerprint density at radius 1 is 1.04 bits per heavy atom. The summed E-state index contributed by atoms with van der Waals surface area (Å²) in [6.45, 7) is -0.141. The number of halogens is 2. The molecule has 0 radical (unpaired) electrons. The second kappa shape index (κ2) is 10.5. The molecule has 9 heteroatoms. The highest BCUT2D eigenvalue weighted by Crippen LogP contribution is 2.27. The van der Waals surface area contributed by atoms with Crippen molar-refractivity contribution < 1.29 is 24.2 Å². The van der Waals surface area contributed by atoms with E-state index < -0.39 is 18.4 Å². The molecule has 0 saturated heterocycles. The maximum atomic E-state index is 12.0. The third-order valence-corrected chi connectivity index (χ3v) is 4.06. The van der Waals surface area contributed by atoms with Gasteiger partial charge in [-0.15, -0.1) is 0 Å². The number of carbonyl (C=O) groups excluding carboxylic acids is 2. The average Bonchev–Trinajstić information content (AvgIpc) is 2.65. The van der Waals surface area contributed by atoms with Gasteiger partial charge < -0.3 is 20.5 Å². The third-order valence-electron chi connectivity index (χ3n) is 3.53. The van der Waals surface area contributed by atoms with Crippen molar-refractivity contribution in [3.63, 3.8) is 0 Å². The van der Waals surface area contributed by atoms with Crippen LogP contribution in [0, 0.1) is 0 Å². The molecule has 2 amide bonds. The quantitative estimate of drug-likeness (QED) is 0.533. The Balaban J connectivity index is 1.73. The fourth-order valence-corrected chi connectivity index (χ4v) is 2.66. The maximum Gasteiger partial charge on any atom is 0.322 e. The molecule has 0 bridgehead atoms. The molecule has 0 atom stereocenters. The van der Waals surface area contributed by atoms with E-state index in [4.69, 9.17) is 33.0 Å². The summed E-state index contributed by atoms with van der Waals surface area (Å²) in [5.74, 6) is -1.32. The van der Waals surface area contributed by atoms with Crippen molar-refractivity contribution in [2.75, 3.05) is 18.5 Å². The molecule has 0 saturated carbocycles. The van der Waals surface area contributed by atoms with E-state index in [1.165, 1.54) is 12.1 Å². The van der Waals surface area contributed by atoms with Crippen molar-refractivity contribution in [1.82, 2.24) is 5.32 Å². The molecule has 3 N–H and O–H groups in total. The minimum atomic E-state index is -1.13. The largest absolute Gasteiger partial charge is 0.492 e. The van der Waals surface area contributed by atoms with Crippen LogP contribution in [0.4, 0.5) is 5.69 Å². The molecule has 2 rings (SSSR count). The number of ether oxygens (including phenoxy) is 1. The lowest BCUT2D eigenvalue weighted by Crippen LogP contribution is -2.29. The third kappa shape index (κ3) is 7.09. The monoisotopic (exact) mass is 424 g/mol. The summed E-state index contributed by atoms with van der Waals surface area (Å²) in [5, 5.41) is 14.4. The number of anilines is 1. The molecule has 7 nitrogen and oxygen atoms in total. The van der Waals surface area contributed by atoms with Crippen LogP contribution in [0.3, 0.4) is 0 Å². The van der Waals surface area contributed by atoms with Crippen LogP contribution in [-0.4, -0.2) is 36.0 Å². The van der Waals surface area contributed by atoms with Crippen LogP contribution < -0.4 is 15.4 Å². The second-order valence-electron chi connectivity index (χ2n) is 5.73. The summed E-state index contributed by atoms with van der Waals surface area (Å²) in [6.07, 6.45) is 0.729. The number of benzene rings is 2. The van der Waals surface area contributed by atoms with Crippen molar-refractivity contribution in [3.05, 3.63) is 58.1 Å². The van der Waals surface area contributed by atoms with Gasteiger partial charge in [-0.05, 0) is 48.9 Å². The van der Waals surface area contributed by atoms with Crippen LogP contribution in [-0.2, 0) is 9.59 Å². The van der Waals surface area contributed by atoms with Crippen LogP contribution in [0.25, 0.3) is 0 Å². The summed E-state index contributed by atoms with van der Waals surface area (Å²) in [7, 11) is 0. The minimum Gasteiger partial charge on any atom is -0.492 e. The van der Waals surface area contributed by atoms with Crippen molar-refractivity contribution in [3.8, 4) is 5.75 Å². The maximum absolute atomic E-state index is 12.0. The number of carboxylic acid groups (broad SMARTS) is 1. The molecule has 0 aliphatic rings. The van der Waals surface area contributed by atoms with Gasteiger partial charge in [0.25, 0.3) is 5.91 Å². The number of hydrogen-bond donors (Lipinski definition) is 3. The van der Waals surface area contributed by atoms with Gasteiger partial charge in [0.2, 0.25) is 5.91 Å². The van der Waals surface area contributed by atoms with Gasteiger partial charge in [0.15, 0.2) is 0 Å². The average molecular weight is 425 g/mol. The molecule has 28 heavy (non-hydrogen) atoms. The molecule has 0 aromatic heterocycles. The number of carbonyl (C=O) groups is 3. The molecule has 148 valence electrons. The van der Waals surface area contributed by atoms with E-state index in [-0.39, 0.29) is 12.3 Å². The molecule has 2 aromatic rings. The summed E-state index contributed by atoms with van der Waals surface area (Å²) in [5.41, 5.74) is 0.828. The fraction of sp³-hybridized carbons (Fsp3) is 0.211. The molecular weight excluding hydrogens is 407 g/mol. The number of rotatable bonds is 9. The zero-order valence-corrected chi connectivity index (χ0v) is 16.2. The first-order valence-corrected chi connectivity index (χ1v) is 9.08. The summed E-state index contributed by atoms with van der Waals surface area (Å²) < 4.78 is 5.52. The van der Waals surface area contributed by atoms with Gasteiger partial charge in [0, 0.05) is 22.7 Å². The lowest BCUT2D eigenvalue weighted by molar-refractivity contribution is -0.135. The van der Waals surface area contributed by atoms with Crippen LogP contribution >= 0.6 is 23.2 Å². The molecule has 0 fully saturated rings. The number of carboxylic acids is 1. The fourth-order valence-electron chi connectivity index (χ4n) is 2.19. The molecule has 0 unspecified atom stereocenters. The topological polar surface area (TPSA) is 105 Å². The van der Waals surface area contributed by atoms with E-state index in [9.17, 15) is 14.4 Å². The van der Waals surface area contributed by atoms with Crippen LogP contribution in [0.5, 0.6) is 5.75 Å². The summed E-state index contributed by atoms with van der Waals surface area (Å²) >= 11 is 11.8. The lowest BCUT2D eigenvalue weighted by atomic mass is 10.2. The highest BCUT2D eigenvalue weighted by Gasteiger charge is 2.08. The van der Waals surface area contributed by atoms with Gasteiger partial charge in [-0.3, -0.25) is 14.4 Å². The first-order chi connectivity index (χ1) is 13.3. The normalized spacial score (nSPS) is 10.2. The highest BCUT2D eigenvalue weighted by atomic mass is 35.5. The Labute approximate surface area is 171 Å². The lowest BCUT2D eigenvalue weighted by Gasteiger charge is -2.09. The van der Waals surface area contributed by atoms with E-state index in [0.717, 1.165) is 0 Å². The molecular formula is C19H18Cl2N2O5. The minimum absolute atomic E-state index is 0.200. The van der Waals surface area contributed by atoms with Crippen molar-refractivity contribution in [2.24, 2.45) is 0 Å². The van der Waals surface area contributed by atoms with E-state index in [1.807, 2.05) is 0 Å². The Hall–Kier alpha value is -2.77. The van der Waals surface area contributed by atoms with Crippen LogP contribution in [0.1, 0.15) is 23.2 Å².